The van der Waals surface area contributed by atoms with Crippen LogP contribution >= 0.6 is 39.1 Å². The number of anilines is 1. The van der Waals surface area contributed by atoms with E-state index in [0.29, 0.717) is 16.9 Å². The molecule has 1 saturated heterocycles. The number of rotatable bonds is 3. The zero-order valence-electron chi connectivity index (χ0n) is 9.50. The van der Waals surface area contributed by atoms with Crippen molar-refractivity contribution >= 4 is 44.9 Å². The van der Waals surface area contributed by atoms with E-state index in [4.69, 9.17) is 23.2 Å². The highest BCUT2D eigenvalue weighted by molar-refractivity contribution is 9.10. The quantitative estimate of drug-likeness (QED) is 0.755. The molecule has 5 heteroatoms. The van der Waals surface area contributed by atoms with Gasteiger partial charge in [-0.05, 0) is 47.7 Å². The highest BCUT2D eigenvalue weighted by atomic mass is 79.9. The van der Waals surface area contributed by atoms with Crippen LogP contribution in [0, 0.1) is 0 Å². The number of piperidine rings is 1. The van der Waals surface area contributed by atoms with E-state index in [2.05, 4.69) is 25.8 Å². The van der Waals surface area contributed by atoms with Crippen LogP contribution in [-0.2, 0) is 0 Å². The van der Waals surface area contributed by atoms with Crippen LogP contribution < -0.4 is 4.90 Å². The van der Waals surface area contributed by atoms with Crippen molar-refractivity contribution in [1.82, 2.24) is 4.98 Å². The van der Waals surface area contributed by atoms with Crippen molar-refractivity contribution < 1.29 is 0 Å². The van der Waals surface area contributed by atoms with Crippen LogP contribution in [0.5, 0.6) is 0 Å². The average molecular weight is 338 g/mol. The standard InChI is InChI=1S/C12H15BrCl2N2/c13-11-7-9(15)8-16-12(11)17-6-2-1-3-10(17)4-5-14/h7-8,10H,1-6H2. The SMILES string of the molecule is ClCCC1CCCCN1c1ncc(Cl)cc1Br. The molecule has 1 aliphatic rings. The van der Waals surface area contributed by atoms with E-state index in [1.54, 1.807) is 6.20 Å². The van der Waals surface area contributed by atoms with Crippen molar-refractivity contribution in [2.45, 2.75) is 31.7 Å². The first-order chi connectivity index (χ1) is 8.22. The van der Waals surface area contributed by atoms with Gasteiger partial charge >= 0.3 is 0 Å². The van der Waals surface area contributed by atoms with Gasteiger partial charge < -0.3 is 4.90 Å². The Labute approximate surface area is 120 Å². The third-order valence-corrected chi connectivity index (χ3v) is 4.14. The highest BCUT2D eigenvalue weighted by Gasteiger charge is 2.24. The van der Waals surface area contributed by atoms with Gasteiger partial charge in [-0.1, -0.05) is 11.6 Å². The van der Waals surface area contributed by atoms with Crippen LogP contribution in [0.3, 0.4) is 0 Å². The molecule has 1 aliphatic heterocycles. The Hall–Kier alpha value is 0.01000. The summed E-state index contributed by atoms with van der Waals surface area (Å²) in [7, 11) is 0. The molecule has 1 unspecified atom stereocenters. The van der Waals surface area contributed by atoms with Crippen molar-refractivity contribution in [3.8, 4) is 0 Å². The van der Waals surface area contributed by atoms with Crippen LogP contribution in [0.15, 0.2) is 16.7 Å². The summed E-state index contributed by atoms with van der Waals surface area (Å²) in [6.45, 7) is 1.05. The summed E-state index contributed by atoms with van der Waals surface area (Å²) in [5.74, 6) is 1.69. The largest absolute Gasteiger partial charge is 0.353 e. The predicted octanol–water partition coefficient (Wildman–Crippen LogP) is 4.49. The van der Waals surface area contributed by atoms with Crippen molar-refractivity contribution in [3.63, 3.8) is 0 Å². The van der Waals surface area contributed by atoms with Crippen LogP contribution in [0.25, 0.3) is 0 Å². The average Bonchev–Trinajstić information content (AvgIpc) is 2.31. The lowest BCUT2D eigenvalue weighted by Crippen LogP contribution is -2.40. The number of alkyl halides is 1. The fourth-order valence-corrected chi connectivity index (χ4v) is 3.44. The van der Waals surface area contributed by atoms with Crippen LogP contribution in [0.2, 0.25) is 5.02 Å². The number of pyridine rings is 1. The Morgan fingerprint density at radius 1 is 1.47 bits per heavy atom. The number of nitrogens with zero attached hydrogens (tertiary/aromatic N) is 2. The van der Waals surface area contributed by atoms with E-state index in [1.807, 2.05) is 6.07 Å². The van der Waals surface area contributed by atoms with E-state index in [1.165, 1.54) is 19.3 Å². The summed E-state index contributed by atoms with van der Waals surface area (Å²) in [5, 5.41) is 0.659. The zero-order chi connectivity index (χ0) is 12.3. The minimum Gasteiger partial charge on any atom is -0.353 e. The highest BCUT2D eigenvalue weighted by Crippen LogP contribution is 2.32. The molecule has 0 N–H and O–H groups in total. The molecule has 2 heterocycles. The summed E-state index contributed by atoms with van der Waals surface area (Å²) in [5.41, 5.74) is 0. The number of hydrogen-bond acceptors (Lipinski definition) is 2. The van der Waals surface area contributed by atoms with Gasteiger partial charge in [0.15, 0.2) is 0 Å². The summed E-state index contributed by atoms with van der Waals surface area (Å²) in [6, 6.07) is 2.40. The minimum absolute atomic E-state index is 0.506. The lowest BCUT2D eigenvalue weighted by Gasteiger charge is -2.37. The third-order valence-electron chi connectivity index (χ3n) is 3.13. The molecule has 1 fully saturated rings. The first-order valence-electron chi connectivity index (χ1n) is 5.86. The number of halogens is 3. The molecule has 0 saturated carbocycles. The smallest absolute Gasteiger partial charge is 0.143 e. The zero-order valence-corrected chi connectivity index (χ0v) is 12.6. The van der Waals surface area contributed by atoms with E-state index in [-0.39, 0.29) is 0 Å². The predicted molar refractivity (Wildman–Crippen MR) is 77.3 cm³/mol. The van der Waals surface area contributed by atoms with Gasteiger partial charge in [0.05, 0.1) is 9.50 Å². The maximum atomic E-state index is 5.92. The first kappa shape index (κ1) is 13.4. The Kier molecular flexibility index (Phi) is 4.95. The van der Waals surface area contributed by atoms with Crippen LogP contribution in [0.1, 0.15) is 25.7 Å². The minimum atomic E-state index is 0.506. The topological polar surface area (TPSA) is 16.1 Å². The molecule has 17 heavy (non-hydrogen) atoms. The molecule has 1 aromatic heterocycles. The molecular formula is C12H15BrCl2N2. The van der Waals surface area contributed by atoms with E-state index >= 15 is 0 Å². The fourth-order valence-electron chi connectivity index (χ4n) is 2.32. The van der Waals surface area contributed by atoms with E-state index in [0.717, 1.165) is 23.3 Å². The molecule has 1 atom stereocenters. The van der Waals surface area contributed by atoms with Gasteiger partial charge in [-0.2, -0.15) is 0 Å². The maximum Gasteiger partial charge on any atom is 0.143 e. The third kappa shape index (κ3) is 3.27. The molecule has 0 bridgehead atoms. The maximum absolute atomic E-state index is 5.92. The molecule has 0 spiro atoms. The number of aromatic nitrogens is 1. The van der Waals surface area contributed by atoms with Gasteiger partial charge in [0.2, 0.25) is 0 Å². The molecule has 0 aromatic carbocycles. The summed E-state index contributed by atoms with van der Waals surface area (Å²) in [6.07, 6.45) is 6.41. The summed E-state index contributed by atoms with van der Waals surface area (Å²) in [4.78, 5) is 6.79. The van der Waals surface area contributed by atoms with Crippen molar-refractivity contribution in [2.75, 3.05) is 17.3 Å². The Balaban J connectivity index is 2.23. The van der Waals surface area contributed by atoms with Gasteiger partial charge in [-0.15, -0.1) is 11.6 Å². The van der Waals surface area contributed by atoms with Crippen molar-refractivity contribution in [3.05, 3.63) is 21.8 Å². The van der Waals surface area contributed by atoms with Gasteiger partial charge in [0.1, 0.15) is 5.82 Å². The summed E-state index contributed by atoms with van der Waals surface area (Å²) < 4.78 is 0.964. The second kappa shape index (κ2) is 6.26. The van der Waals surface area contributed by atoms with Gasteiger partial charge in [0.25, 0.3) is 0 Å². The lowest BCUT2D eigenvalue weighted by atomic mass is 10.00. The molecule has 0 aliphatic carbocycles. The van der Waals surface area contributed by atoms with E-state index < -0.39 is 0 Å². The van der Waals surface area contributed by atoms with Crippen molar-refractivity contribution in [1.29, 1.82) is 0 Å². The van der Waals surface area contributed by atoms with Crippen LogP contribution in [-0.4, -0.2) is 23.5 Å². The lowest BCUT2D eigenvalue weighted by molar-refractivity contribution is 0.447. The Bertz CT molecular complexity index is 385. The molecule has 0 radical (unpaired) electrons. The second-order valence-corrected chi connectivity index (χ2v) is 5.95. The number of hydrogen-bond donors (Lipinski definition) is 0. The Morgan fingerprint density at radius 2 is 2.29 bits per heavy atom. The second-order valence-electron chi connectivity index (χ2n) is 4.28. The fraction of sp³-hybridized carbons (Fsp3) is 0.583. The first-order valence-corrected chi connectivity index (χ1v) is 7.56. The molecule has 0 amide bonds. The van der Waals surface area contributed by atoms with Gasteiger partial charge in [-0.25, -0.2) is 4.98 Å². The molecule has 2 nitrogen and oxygen atoms in total. The molecule has 2 rings (SSSR count). The van der Waals surface area contributed by atoms with Crippen molar-refractivity contribution in [2.24, 2.45) is 0 Å². The van der Waals surface area contributed by atoms with Gasteiger partial charge in [0, 0.05) is 24.7 Å². The van der Waals surface area contributed by atoms with E-state index in [9.17, 15) is 0 Å². The summed E-state index contributed by atoms with van der Waals surface area (Å²) >= 11 is 15.3. The molecule has 1 aromatic rings. The Morgan fingerprint density at radius 3 is 3.00 bits per heavy atom. The monoisotopic (exact) mass is 336 g/mol. The van der Waals surface area contributed by atoms with Crippen LogP contribution in [0.4, 0.5) is 5.82 Å². The molecular weight excluding hydrogens is 323 g/mol. The molecule has 94 valence electrons. The van der Waals surface area contributed by atoms with Gasteiger partial charge in [-0.3, -0.25) is 0 Å². The normalized spacial score (nSPS) is 20.6.